The van der Waals surface area contributed by atoms with E-state index in [1.807, 2.05) is 6.07 Å². The lowest BCUT2D eigenvalue weighted by atomic mass is 10.0. The number of rotatable bonds is 4. The van der Waals surface area contributed by atoms with E-state index in [4.69, 9.17) is 16.7 Å². The average Bonchev–Trinajstić information content (AvgIpc) is 2.28. The van der Waals surface area contributed by atoms with Gasteiger partial charge >= 0.3 is 0 Å². The lowest BCUT2D eigenvalue weighted by Gasteiger charge is -2.08. The first-order valence-corrected chi connectivity index (χ1v) is 5.96. The van der Waals surface area contributed by atoms with Crippen LogP contribution in [0.1, 0.15) is 25.8 Å². The van der Waals surface area contributed by atoms with Crippen molar-refractivity contribution < 1.29 is 14.9 Å². The minimum Gasteiger partial charge on any atom is -0.508 e. The largest absolute Gasteiger partial charge is 0.508 e. The van der Waals surface area contributed by atoms with Crippen molar-refractivity contribution in [1.29, 1.82) is 0 Å². The van der Waals surface area contributed by atoms with E-state index in [0.717, 1.165) is 18.4 Å². The van der Waals surface area contributed by atoms with Crippen LogP contribution in [0.15, 0.2) is 18.2 Å². The molecule has 0 aliphatic rings. The van der Waals surface area contributed by atoms with E-state index in [-0.39, 0.29) is 6.79 Å². The highest BCUT2D eigenvalue weighted by Gasteiger charge is 2.06. The molecule has 0 aliphatic carbocycles. The molecule has 1 rings (SSSR count). The minimum atomic E-state index is -0.181. The van der Waals surface area contributed by atoms with Crippen LogP contribution in [0.5, 0.6) is 5.75 Å². The second-order valence-corrected chi connectivity index (χ2v) is 4.50. The van der Waals surface area contributed by atoms with Crippen LogP contribution < -0.4 is 0 Å². The van der Waals surface area contributed by atoms with Crippen molar-refractivity contribution in [2.75, 3.05) is 13.9 Å². The predicted octanol–water partition coefficient (Wildman–Crippen LogP) is 3.22. The number of aliphatic hydroxyl groups excluding tert-OH is 1. The van der Waals surface area contributed by atoms with Crippen molar-refractivity contribution in [2.45, 2.75) is 26.7 Å². The van der Waals surface area contributed by atoms with Crippen molar-refractivity contribution >= 4 is 11.6 Å². The third-order valence-corrected chi connectivity index (χ3v) is 2.55. The summed E-state index contributed by atoms with van der Waals surface area (Å²) in [5.41, 5.74) is 0.873. The number of halogens is 1. The van der Waals surface area contributed by atoms with Gasteiger partial charge in [0, 0.05) is 17.7 Å². The fourth-order valence-corrected chi connectivity index (χ4v) is 1.49. The predicted molar refractivity (Wildman–Crippen MR) is 70.4 cm³/mol. The molecule has 0 radical (unpaired) electrons. The Morgan fingerprint density at radius 2 is 1.94 bits per heavy atom. The summed E-state index contributed by atoms with van der Waals surface area (Å²) in [6.07, 6.45) is 1.90. The van der Waals surface area contributed by atoms with Crippen LogP contribution in [0.4, 0.5) is 0 Å². The van der Waals surface area contributed by atoms with Crippen molar-refractivity contribution in [3.63, 3.8) is 0 Å². The summed E-state index contributed by atoms with van der Waals surface area (Å²) in [5, 5.41) is 17.8. The second-order valence-electron chi connectivity index (χ2n) is 4.09. The summed E-state index contributed by atoms with van der Waals surface area (Å²) < 4.78 is 4.10. The van der Waals surface area contributed by atoms with Crippen LogP contribution in [0.2, 0.25) is 5.02 Å². The van der Waals surface area contributed by atoms with Gasteiger partial charge in [0.05, 0.1) is 0 Å². The molecule has 0 amide bonds. The van der Waals surface area contributed by atoms with Crippen LogP contribution in [-0.4, -0.2) is 24.1 Å². The van der Waals surface area contributed by atoms with Gasteiger partial charge in [0.15, 0.2) is 0 Å². The minimum absolute atomic E-state index is 0.181. The molecule has 0 spiro atoms. The smallest absolute Gasteiger partial charge is 0.143 e. The molecule has 0 saturated heterocycles. The zero-order chi connectivity index (χ0) is 13.3. The van der Waals surface area contributed by atoms with Crippen molar-refractivity contribution in [1.82, 2.24) is 0 Å². The molecule has 0 aromatic heterocycles. The van der Waals surface area contributed by atoms with Gasteiger partial charge in [-0.2, -0.15) is 0 Å². The van der Waals surface area contributed by atoms with Gasteiger partial charge in [0.1, 0.15) is 12.5 Å². The van der Waals surface area contributed by atoms with Gasteiger partial charge in [0.2, 0.25) is 0 Å². The molecule has 3 nitrogen and oxygen atoms in total. The van der Waals surface area contributed by atoms with Gasteiger partial charge in [-0.3, -0.25) is 0 Å². The van der Waals surface area contributed by atoms with Crippen LogP contribution in [0.3, 0.4) is 0 Å². The number of phenols is 1. The molecule has 0 aliphatic heterocycles. The quantitative estimate of drug-likeness (QED) is 0.818. The monoisotopic (exact) mass is 260 g/mol. The molecule has 4 heteroatoms. The highest BCUT2D eigenvalue weighted by Crippen LogP contribution is 2.27. The maximum absolute atomic E-state index is 9.52. The van der Waals surface area contributed by atoms with Crippen molar-refractivity contribution in [3.05, 3.63) is 28.8 Å². The van der Waals surface area contributed by atoms with Gasteiger partial charge < -0.3 is 14.9 Å². The Kier molecular flexibility index (Phi) is 8.86. The number of aliphatic hydroxyl groups is 1. The Bertz CT molecular complexity index is 291. The molecule has 2 N–H and O–H groups in total. The lowest BCUT2D eigenvalue weighted by molar-refractivity contribution is 0.0325. The lowest BCUT2D eigenvalue weighted by Crippen LogP contribution is -1.93. The highest BCUT2D eigenvalue weighted by molar-refractivity contribution is 6.31. The molecule has 0 atom stereocenters. The molecule has 0 heterocycles. The number of phenolic OH excluding ortho intramolecular Hbond substituents is 1. The molecular formula is C13H21ClO3. The Balaban J connectivity index is 0.000000557. The second kappa shape index (κ2) is 9.28. The summed E-state index contributed by atoms with van der Waals surface area (Å²) >= 11 is 5.95. The first kappa shape index (κ1) is 16.2. The fraction of sp³-hybridized carbons (Fsp3) is 0.538. The van der Waals surface area contributed by atoms with E-state index < -0.39 is 0 Å². The zero-order valence-corrected chi connectivity index (χ0v) is 11.4. The molecule has 0 fully saturated rings. The van der Waals surface area contributed by atoms with E-state index in [1.54, 1.807) is 12.1 Å². The van der Waals surface area contributed by atoms with Crippen LogP contribution in [-0.2, 0) is 11.2 Å². The number of benzene rings is 1. The molecule has 17 heavy (non-hydrogen) atoms. The van der Waals surface area contributed by atoms with Gasteiger partial charge in [-0.05, 0) is 30.9 Å². The summed E-state index contributed by atoms with van der Waals surface area (Å²) in [7, 11) is 1.43. The van der Waals surface area contributed by atoms with Crippen molar-refractivity contribution in [2.24, 2.45) is 5.92 Å². The average molecular weight is 261 g/mol. The molecule has 1 aromatic rings. The number of hydrogen-bond acceptors (Lipinski definition) is 3. The molecule has 98 valence electrons. The molecule has 1 aromatic carbocycles. The maximum atomic E-state index is 9.52. The van der Waals surface area contributed by atoms with Crippen LogP contribution in [0, 0.1) is 5.92 Å². The third kappa shape index (κ3) is 7.21. The maximum Gasteiger partial charge on any atom is 0.143 e. The number of hydrogen-bond donors (Lipinski definition) is 2. The van der Waals surface area contributed by atoms with E-state index in [0.29, 0.717) is 16.7 Å². The van der Waals surface area contributed by atoms with Gasteiger partial charge in [-0.15, -0.1) is 0 Å². The summed E-state index contributed by atoms with van der Waals surface area (Å²) in [4.78, 5) is 0. The fourth-order valence-electron chi connectivity index (χ4n) is 1.23. The molecular weight excluding hydrogens is 240 g/mol. The van der Waals surface area contributed by atoms with E-state index in [1.165, 1.54) is 7.11 Å². The summed E-state index contributed by atoms with van der Waals surface area (Å²) in [5.74, 6) is 0.948. The topological polar surface area (TPSA) is 49.7 Å². The Hall–Kier alpha value is -0.770. The normalized spacial score (nSPS) is 10.0. The van der Waals surface area contributed by atoms with Gasteiger partial charge in [0.25, 0.3) is 0 Å². The summed E-state index contributed by atoms with van der Waals surface area (Å²) in [6.45, 7) is 4.14. The standard InChI is InChI=1S/C11H15ClO.C2H6O2/c1-8(2)6-7-9-10(12)4-3-5-11(9)13;1-4-2-3/h3-5,8,13H,6-7H2,1-2H3;3H,2H2,1H3. The highest BCUT2D eigenvalue weighted by atomic mass is 35.5. The SMILES string of the molecule is CC(C)CCc1c(O)cccc1Cl.COCO. The first-order valence-electron chi connectivity index (χ1n) is 5.59. The number of methoxy groups -OCH3 is 1. The van der Waals surface area contributed by atoms with Gasteiger partial charge in [-0.25, -0.2) is 0 Å². The third-order valence-electron chi connectivity index (χ3n) is 2.19. The molecule has 0 saturated carbocycles. The summed E-state index contributed by atoms with van der Waals surface area (Å²) in [6, 6.07) is 5.26. The van der Waals surface area contributed by atoms with Gasteiger partial charge in [-0.1, -0.05) is 31.5 Å². The number of ether oxygens (including phenoxy) is 1. The zero-order valence-electron chi connectivity index (χ0n) is 10.6. The van der Waals surface area contributed by atoms with Crippen LogP contribution >= 0.6 is 11.6 Å². The van der Waals surface area contributed by atoms with E-state index in [9.17, 15) is 5.11 Å². The Morgan fingerprint density at radius 1 is 1.35 bits per heavy atom. The number of aromatic hydroxyl groups is 1. The van der Waals surface area contributed by atoms with Crippen LogP contribution in [0.25, 0.3) is 0 Å². The van der Waals surface area contributed by atoms with E-state index >= 15 is 0 Å². The van der Waals surface area contributed by atoms with Crippen molar-refractivity contribution in [3.8, 4) is 5.75 Å². The Labute approximate surface area is 108 Å². The molecule has 0 bridgehead atoms. The Morgan fingerprint density at radius 3 is 2.35 bits per heavy atom. The van der Waals surface area contributed by atoms with E-state index in [2.05, 4.69) is 18.6 Å². The first-order chi connectivity index (χ1) is 8.02. The molecule has 0 unspecified atom stereocenters.